The molecule has 0 aliphatic heterocycles. The van der Waals surface area contributed by atoms with Gasteiger partial charge in [-0.25, -0.2) is 0 Å². The molecule has 0 N–H and O–H groups in total. The van der Waals surface area contributed by atoms with Gasteiger partial charge in [-0.2, -0.15) is 0 Å². The van der Waals surface area contributed by atoms with Gasteiger partial charge in [-0.05, 0) is 56.6 Å². The van der Waals surface area contributed by atoms with Crippen molar-refractivity contribution in [2.24, 2.45) is 0 Å². The third kappa shape index (κ3) is 2.57. The normalized spacial score (nSPS) is 12.2. The van der Waals surface area contributed by atoms with Gasteiger partial charge >= 0.3 is 0 Å². The predicted octanol–water partition coefficient (Wildman–Crippen LogP) is 10.2. The Balaban J connectivity index is 1.63. The van der Waals surface area contributed by atoms with Gasteiger partial charge in [0.1, 0.15) is 0 Å². The molecule has 7 aromatic rings. The molecule has 7 rings (SSSR count). The number of thiophene rings is 1. The van der Waals surface area contributed by atoms with Crippen LogP contribution in [0.5, 0.6) is 0 Å². The van der Waals surface area contributed by atoms with Crippen molar-refractivity contribution in [3.8, 4) is 0 Å². The largest absolute Gasteiger partial charge is 0.134 e. The molecule has 1 heterocycles. The molecule has 0 bridgehead atoms. The number of rotatable bonds is 0. The monoisotopic (exact) mass is 540 g/mol. The average Bonchev–Trinajstić information content (AvgIpc) is 3.17. The molecule has 0 saturated heterocycles. The minimum atomic E-state index is 1.12. The number of halogens is 2. The zero-order valence-electron chi connectivity index (χ0n) is 16.2. The molecular weight excluding hydrogens is 528 g/mol. The Morgan fingerprint density at radius 1 is 0.387 bits per heavy atom. The van der Waals surface area contributed by atoms with Gasteiger partial charge in [0.05, 0.1) is 0 Å². The summed E-state index contributed by atoms with van der Waals surface area (Å²) in [7, 11) is 0. The van der Waals surface area contributed by atoms with Gasteiger partial charge in [0, 0.05) is 39.9 Å². The standard InChI is InChI=1S/C28H14Br2S/c29-17-3-7-19-15(13-17)1-5-23-21(19)9-11-25-26-12-10-22-20-8-4-18(30)14-16(20)2-6-24(22)28(26)31-27(23)25/h1-14H. The lowest BCUT2D eigenvalue weighted by Gasteiger charge is -2.06. The maximum Gasteiger partial charge on any atom is 0.0434 e. The first-order valence-corrected chi connectivity index (χ1v) is 12.6. The first kappa shape index (κ1) is 18.1. The first-order chi connectivity index (χ1) is 15.2. The molecule has 3 heteroatoms. The highest BCUT2D eigenvalue weighted by Gasteiger charge is 2.13. The van der Waals surface area contributed by atoms with E-state index in [0.717, 1.165) is 8.95 Å². The van der Waals surface area contributed by atoms with E-state index in [2.05, 4.69) is 117 Å². The van der Waals surface area contributed by atoms with Crippen molar-refractivity contribution < 1.29 is 0 Å². The number of hydrogen-bond acceptors (Lipinski definition) is 1. The molecule has 6 aromatic carbocycles. The molecule has 0 aliphatic carbocycles. The minimum Gasteiger partial charge on any atom is -0.134 e. The van der Waals surface area contributed by atoms with Gasteiger partial charge in [-0.1, -0.05) is 92.5 Å². The van der Waals surface area contributed by atoms with Crippen molar-refractivity contribution in [2.45, 2.75) is 0 Å². The van der Waals surface area contributed by atoms with Gasteiger partial charge < -0.3 is 0 Å². The molecule has 0 aliphatic rings. The van der Waals surface area contributed by atoms with E-state index in [1.807, 2.05) is 11.3 Å². The Morgan fingerprint density at radius 2 is 0.742 bits per heavy atom. The van der Waals surface area contributed by atoms with E-state index in [1.165, 1.54) is 63.3 Å². The van der Waals surface area contributed by atoms with E-state index < -0.39 is 0 Å². The van der Waals surface area contributed by atoms with Crippen LogP contribution in [0.2, 0.25) is 0 Å². The van der Waals surface area contributed by atoms with Crippen molar-refractivity contribution in [1.82, 2.24) is 0 Å². The van der Waals surface area contributed by atoms with Crippen LogP contribution in [0, 0.1) is 0 Å². The van der Waals surface area contributed by atoms with Crippen LogP contribution in [0.15, 0.2) is 93.9 Å². The SMILES string of the molecule is Brc1ccc2c(ccc3c2ccc2c4ccc5c6ccc(Br)cc6ccc5c4sc32)c1. The van der Waals surface area contributed by atoms with Gasteiger partial charge in [0.2, 0.25) is 0 Å². The van der Waals surface area contributed by atoms with Crippen LogP contribution in [0.3, 0.4) is 0 Å². The zero-order chi connectivity index (χ0) is 20.7. The summed E-state index contributed by atoms with van der Waals surface area (Å²) in [6.45, 7) is 0. The third-order valence-electron chi connectivity index (χ3n) is 6.35. The van der Waals surface area contributed by atoms with Crippen LogP contribution in [0.4, 0.5) is 0 Å². The molecule has 0 atom stereocenters. The van der Waals surface area contributed by atoms with Gasteiger partial charge in [0.25, 0.3) is 0 Å². The molecule has 0 radical (unpaired) electrons. The Hall–Kier alpha value is -2.46. The Morgan fingerprint density at radius 3 is 1.23 bits per heavy atom. The molecule has 0 amide bonds. The molecular formula is C28H14Br2S. The second-order valence-electron chi connectivity index (χ2n) is 8.04. The van der Waals surface area contributed by atoms with Crippen LogP contribution < -0.4 is 0 Å². The van der Waals surface area contributed by atoms with Crippen LogP contribution in [-0.4, -0.2) is 0 Å². The highest BCUT2D eigenvalue weighted by molar-refractivity contribution is 9.10. The van der Waals surface area contributed by atoms with E-state index in [4.69, 9.17) is 0 Å². The fourth-order valence-electron chi connectivity index (χ4n) is 4.93. The summed E-state index contributed by atoms with van der Waals surface area (Å²) in [6, 6.07) is 31.4. The molecule has 0 fully saturated rings. The van der Waals surface area contributed by atoms with E-state index in [-0.39, 0.29) is 0 Å². The van der Waals surface area contributed by atoms with Crippen molar-refractivity contribution >= 4 is 106 Å². The smallest absolute Gasteiger partial charge is 0.0434 e. The van der Waals surface area contributed by atoms with Gasteiger partial charge in [-0.15, -0.1) is 11.3 Å². The molecule has 1 aromatic heterocycles. The molecule has 0 nitrogen and oxygen atoms in total. The highest BCUT2D eigenvalue weighted by Crippen LogP contribution is 2.44. The van der Waals surface area contributed by atoms with Crippen molar-refractivity contribution in [3.05, 3.63) is 93.9 Å². The molecule has 146 valence electrons. The van der Waals surface area contributed by atoms with Gasteiger partial charge in [0.15, 0.2) is 0 Å². The molecule has 0 saturated carbocycles. The Kier molecular flexibility index (Phi) is 3.82. The van der Waals surface area contributed by atoms with Crippen molar-refractivity contribution in [3.63, 3.8) is 0 Å². The summed E-state index contributed by atoms with van der Waals surface area (Å²) in [4.78, 5) is 0. The summed E-state index contributed by atoms with van der Waals surface area (Å²) in [5, 5.41) is 13.2. The van der Waals surface area contributed by atoms with Crippen LogP contribution >= 0.6 is 43.2 Å². The lowest BCUT2D eigenvalue weighted by atomic mass is 9.98. The van der Waals surface area contributed by atoms with Crippen LogP contribution in [0.1, 0.15) is 0 Å². The van der Waals surface area contributed by atoms with Crippen molar-refractivity contribution in [1.29, 1.82) is 0 Å². The van der Waals surface area contributed by atoms with E-state index in [0.29, 0.717) is 0 Å². The number of fused-ring (bicyclic) bond motifs is 11. The summed E-state index contributed by atoms with van der Waals surface area (Å²) in [5.41, 5.74) is 0. The number of hydrogen-bond donors (Lipinski definition) is 0. The lowest BCUT2D eigenvalue weighted by Crippen LogP contribution is -1.79. The average molecular weight is 542 g/mol. The Labute approximate surface area is 199 Å². The predicted molar refractivity (Wildman–Crippen MR) is 145 cm³/mol. The topological polar surface area (TPSA) is 0 Å². The molecule has 0 spiro atoms. The summed E-state index contributed by atoms with van der Waals surface area (Å²) < 4.78 is 4.99. The highest BCUT2D eigenvalue weighted by atomic mass is 79.9. The van der Waals surface area contributed by atoms with Gasteiger partial charge in [-0.3, -0.25) is 0 Å². The zero-order valence-corrected chi connectivity index (χ0v) is 20.2. The third-order valence-corrected chi connectivity index (χ3v) is 8.63. The fraction of sp³-hybridized carbons (Fsp3) is 0. The van der Waals surface area contributed by atoms with Crippen LogP contribution in [0.25, 0.3) is 63.3 Å². The quantitative estimate of drug-likeness (QED) is 0.167. The number of benzene rings is 6. The first-order valence-electron chi connectivity index (χ1n) is 10.2. The second kappa shape index (κ2) is 6.52. The van der Waals surface area contributed by atoms with E-state index >= 15 is 0 Å². The maximum atomic E-state index is 3.60. The fourth-order valence-corrected chi connectivity index (χ4v) is 7.04. The minimum absolute atomic E-state index is 1.12. The second-order valence-corrected chi connectivity index (χ2v) is 10.9. The van der Waals surface area contributed by atoms with Crippen molar-refractivity contribution in [2.75, 3.05) is 0 Å². The van der Waals surface area contributed by atoms with E-state index in [9.17, 15) is 0 Å². The molecule has 31 heavy (non-hydrogen) atoms. The lowest BCUT2D eigenvalue weighted by molar-refractivity contribution is 1.73. The van der Waals surface area contributed by atoms with E-state index in [1.54, 1.807) is 0 Å². The summed E-state index contributed by atoms with van der Waals surface area (Å²) in [5.74, 6) is 0. The molecule has 0 unspecified atom stereocenters. The van der Waals surface area contributed by atoms with Crippen LogP contribution in [-0.2, 0) is 0 Å². The summed E-state index contributed by atoms with van der Waals surface area (Å²) in [6.07, 6.45) is 0. The Bertz CT molecular complexity index is 1730. The summed E-state index contributed by atoms with van der Waals surface area (Å²) >= 11 is 9.13. The maximum absolute atomic E-state index is 3.60.